The van der Waals surface area contributed by atoms with E-state index in [2.05, 4.69) is 15.0 Å². The number of hydrogen-bond acceptors (Lipinski definition) is 5. The summed E-state index contributed by atoms with van der Waals surface area (Å²) >= 11 is 0. The average molecular weight is 259 g/mol. The highest BCUT2D eigenvalue weighted by Crippen LogP contribution is 2.12. The van der Waals surface area contributed by atoms with Crippen molar-refractivity contribution in [3.05, 3.63) is 11.7 Å². The van der Waals surface area contributed by atoms with Crippen molar-refractivity contribution in [1.29, 1.82) is 0 Å². The highest BCUT2D eigenvalue weighted by atomic mass is 32.2. The Bertz CT molecular complexity index is 379. The largest absolute Gasteiger partial charge is 0.339 e. The van der Waals surface area contributed by atoms with Crippen LogP contribution in [0, 0.1) is 0 Å². The van der Waals surface area contributed by atoms with Crippen LogP contribution in [0.4, 0.5) is 0 Å². The molecule has 5 nitrogen and oxygen atoms in total. The van der Waals surface area contributed by atoms with Crippen molar-refractivity contribution >= 4 is 10.8 Å². The molecule has 1 rings (SSSR count). The summed E-state index contributed by atoms with van der Waals surface area (Å²) in [4.78, 5) is 6.40. The molecule has 0 N–H and O–H groups in total. The first-order valence-corrected chi connectivity index (χ1v) is 7.45. The minimum Gasteiger partial charge on any atom is -0.339 e. The summed E-state index contributed by atoms with van der Waals surface area (Å²) in [6, 6.07) is 0.238. The van der Waals surface area contributed by atoms with Gasteiger partial charge >= 0.3 is 0 Å². The van der Waals surface area contributed by atoms with Crippen molar-refractivity contribution in [1.82, 2.24) is 15.0 Å². The highest BCUT2D eigenvalue weighted by molar-refractivity contribution is 7.84. The highest BCUT2D eigenvalue weighted by Gasteiger charge is 2.15. The molecule has 0 spiro atoms. The molecule has 0 bridgehead atoms. The minimum atomic E-state index is -0.782. The Hall–Kier alpha value is -0.750. The second-order valence-corrected chi connectivity index (χ2v) is 6.19. The topological polar surface area (TPSA) is 59.2 Å². The van der Waals surface area contributed by atoms with E-state index in [9.17, 15) is 4.21 Å². The Kier molecular flexibility index (Phi) is 5.27. The molecule has 1 aromatic rings. The van der Waals surface area contributed by atoms with E-state index >= 15 is 0 Å². The fourth-order valence-electron chi connectivity index (χ4n) is 1.41. The monoisotopic (exact) mass is 259 g/mol. The van der Waals surface area contributed by atoms with Crippen molar-refractivity contribution in [2.45, 2.75) is 39.3 Å². The molecule has 0 unspecified atom stereocenters. The van der Waals surface area contributed by atoms with Crippen LogP contribution >= 0.6 is 0 Å². The number of nitrogens with zero attached hydrogens (tertiary/aromatic N) is 3. The van der Waals surface area contributed by atoms with Gasteiger partial charge in [0.25, 0.3) is 0 Å². The number of aromatic nitrogens is 2. The molecule has 0 saturated carbocycles. The van der Waals surface area contributed by atoms with Crippen LogP contribution in [-0.4, -0.2) is 44.3 Å². The molecule has 17 heavy (non-hydrogen) atoms. The van der Waals surface area contributed by atoms with Crippen LogP contribution in [0.25, 0.3) is 0 Å². The molecule has 0 radical (unpaired) electrons. The summed E-state index contributed by atoms with van der Waals surface area (Å²) < 4.78 is 16.3. The third-order valence-electron chi connectivity index (χ3n) is 2.60. The molecule has 0 aliphatic rings. The summed E-state index contributed by atoms with van der Waals surface area (Å²) in [5.41, 5.74) is 0. The van der Waals surface area contributed by atoms with Crippen LogP contribution in [0.2, 0.25) is 0 Å². The second kappa shape index (κ2) is 6.26. The average Bonchev–Trinajstić information content (AvgIpc) is 2.65. The molecule has 1 heterocycles. The lowest BCUT2D eigenvalue weighted by Crippen LogP contribution is -2.33. The zero-order valence-corrected chi connectivity index (χ0v) is 12.0. The first kappa shape index (κ1) is 14.3. The Morgan fingerprint density at radius 2 is 2.06 bits per heavy atom. The molecule has 0 amide bonds. The van der Waals surface area contributed by atoms with Crippen LogP contribution in [0.15, 0.2) is 4.52 Å². The van der Waals surface area contributed by atoms with Crippen molar-refractivity contribution in [2.24, 2.45) is 0 Å². The quantitative estimate of drug-likeness (QED) is 0.772. The van der Waals surface area contributed by atoms with Crippen molar-refractivity contribution in [3.63, 3.8) is 0 Å². The number of rotatable bonds is 6. The van der Waals surface area contributed by atoms with E-state index in [4.69, 9.17) is 4.52 Å². The molecule has 6 heteroatoms. The van der Waals surface area contributed by atoms with Crippen molar-refractivity contribution < 1.29 is 8.73 Å². The maximum Gasteiger partial charge on any atom is 0.229 e. The van der Waals surface area contributed by atoms with Gasteiger partial charge in [-0.2, -0.15) is 4.98 Å². The van der Waals surface area contributed by atoms with Crippen LogP contribution in [-0.2, 0) is 17.3 Å². The smallest absolute Gasteiger partial charge is 0.229 e. The molecule has 0 aliphatic carbocycles. The van der Waals surface area contributed by atoms with E-state index in [1.807, 2.05) is 27.8 Å². The predicted molar refractivity (Wildman–Crippen MR) is 68.2 cm³/mol. The molecule has 0 aromatic carbocycles. The SMILES string of the molecule is CC(C)c1nc(CN(C)[C@@H](C)C[S@](C)=O)no1. The molecule has 0 fully saturated rings. The van der Waals surface area contributed by atoms with Gasteiger partial charge in [-0.25, -0.2) is 0 Å². The zero-order valence-electron chi connectivity index (χ0n) is 11.1. The lowest BCUT2D eigenvalue weighted by Gasteiger charge is -2.21. The van der Waals surface area contributed by atoms with Crippen LogP contribution < -0.4 is 0 Å². The van der Waals surface area contributed by atoms with Gasteiger partial charge in [-0.05, 0) is 14.0 Å². The molecule has 1 aromatic heterocycles. The van der Waals surface area contributed by atoms with Gasteiger partial charge in [0.1, 0.15) is 0 Å². The van der Waals surface area contributed by atoms with E-state index in [1.165, 1.54) is 0 Å². The van der Waals surface area contributed by atoms with Gasteiger partial charge in [0.2, 0.25) is 5.89 Å². The number of hydrogen-bond donors (Lipinski definition) is 0. The summed E-state index contributed by atoms with van der Waals surface area (Å²) in [6.45, 7) is 6.70. The third kappa shape index (κ3) is 4.55. The third-order valence-corrected chi connectivity index (χ3v) is 3.55. The summed E-state index contributed by atoms with van der Waals surface area (Å²) in [5, 5.41) is 3.94. The van der Waals surface area contributed by atoms with Gasteiger partial charge < -0.3 is 4.52 Å². The first-order valence-electron chi connectivity index (χ1n) is 5.73. The molecule has 98 valence electrons. The van der Waals surface area contributed by atoms with Gasteiger partial charge in [0.15, 0.2) is 5.82 Å². The van der Waals surface area contributed by atoms with E-state index in [0.717, 1.165) is 0 Å². The van der Waals surface area contributed by atoms with E-state index in [0.29, 0.717) is 24.0 Å². The predicted octanol–water partition coefficient (Wildman–Crippen LogP) is 1.39. The van der Waals surface area contributed by atoms with E-state index < -0.39 is 10.8 Å². The van der Waals surface area contributed by atoms with E-state index in [1.54, 1.807) is 6.26 Å². The van der Waals surface area contributed by atoms with Gasteiger partial charge in [-0.3, -0.25) is 9.11 Å². The zero-order chi connectivity index (χ0) is 13.0. The summed E-state index contributed by atoms with van der Waals surface area (Å²) in [6.07, 6.45) is 1.72. The van der Waals surface area contributed by atoms with Gasteiger partial charge in [-0.1, -0.05) is 19.0 Å². The van der Waals surface area contributed by atoms with Crippen LogP contribution in [0.1, 0.15) is 38.4 Å². The van der Waals surface area contributed by atoms with Gasteiger partial charge in [0, 0.05) is 34.8 Å². The maximum atomic E-state index is 11.1. The molecule has 0 aliphatic heterocycles. The first-order chi connectivity index (χ1) is 7.90. The Morgan fingerprint density at radius 1 is 1.41 bits per heavy atom. The summed E-state index contributed by atoms with van der Waals surface area (Å²) in [7, 11) is 1.19. The lowest BCUT2D eigenvalue weighted by molar-refractivity contribution is 0.256. The lowest BCUT2D eigenvalue weighted by atomic mass is 10.2. The normalized spacial score (nSPS) is 15.5. The minimum absolute atomic E-state index is 0.238. The fraction of sp³-hybridized carbons (Fsp3) is 0.818. The Morgan fingerprint density at radius 3 is 2.53 bits per heavy atom. The molecule has 0 saturated heterocycles. The Labute approximate surface area is 105 Å². The van der Waals surface area contributed by atoms with Crippen LogP contribution in [0.3, 0.4) is 0 Å². The summed E-state index contributed by atoms with van der Waals surface area (Å²) in [5.74, 6) is 2.26. The fourth-order valence-corrected chi connectivity index (χ4v) is 2.35. The molecule has 2 atom stereocenters. The van der Waals surface area contributed by atoms with Gasteiger partial charge in [0.05, 0.1) is 6.54 Å². The second-order valence-electron chi connectivity index (χ2n) is 4.71. The van der Waals surface area contributed by atoms with Crippen molar-refractivity contribution in [3.8, 4) is 0 Å². The standard InChI is InChI=1S/C11H21N3O2S/c1-8(2)11-12-10(13-16-11)6-14(4)9(3)7-17(5)15/h8-9H,6-7H2,1-5H3/t9-,17-/m0/s1. The van der Waals surface area contributed by atoms with E-state index in [-0.39, 0.29) is 12.0 Å². The van der Waals surface area contributed by atoms with Gasteiger partial charge in [-0.15, -0.1) is 0 Å². The Balaban J connectivity index is 2.55. The maximum absolute atomic E-state index is 11.1. The van der Waals surface area contributed by atoms with Crippen LogP contribution in [0.5, 0.6) is 0 Å². The molecular formula is C11H21N3O2S. The van der Waals surface area contributed by atoms with Crippen molar-refractivity contribution in [2.75, 3.05) is 19.1 Å². The molecular weight excluding hydrogens is 238 g/mol.